The lowest BCUT2D eigenvalue weighted by Crippen LogP contribution is -2.17. The normalized spacial score (nSPS) is 17.3. The lowest BCUT2D eigenvalue weighted by molar-refractivity contribution is 0.273. The first-order chi connectivity index (χ1) is 8.70. The quantitative estimate of drug-likeness (QED) is 0.892. The van der Waals surface area contributed by atoms with Crippen LogP contribution in [0.25, 0.3) is 11.0 Å². The van der Waals surface area contributed by atoms with E-state index in [1.165, 1.54) is 12.8 Å². The van der Waals surface area contributed by atoms with Gasteiger partial charge in [0, 0.05) is 17.7 Å². The Morgan fingerprint density at radius 1 is 1.50 bits per heavy atom. The number of aromatic nitrogens is 2. The van der Waals surface area contributed by atoms with Crippen molar-refractivity contribution in [2.45, 2.75) is 31.3 Å². The highest BCUT2D eigenvalue weighted by molar-refractivity contribution is 6.31. The third-order valence-corrected chi connectivity index (χ3v) is 3.60. The first-order valence-electron chi connectivity index (χ1n) is 6.24. The van der Waals surface area contributed by atoms with Gasteiger partial charge in [0.2, 0.25) is 0 Å². The Hall–Kier alpha value is -1.10. The molecule has 0 aliphatic heterocycles. The molecule has 1 aromatic heterocycles. The van der Waals surface area contributed by atoms with Crippen molar-refractivity contribution in [3.63, 3.8) is 0 Å². The Morgan fingerprint density at radius 3 is 2.94 bits per heavy atom. The van der Waals surface area contributed by atoms with Gasteiger partial charge in [0.05, 0.1) is 17.1 Å². The molecule has 1 heterocycles. The molecule has 2 aromatic rings. The van der Waals surface area contributed by atoms with Crippen molar-refractivity contribution in [2.75, 3.05) is 6.61 Å². The Morgan fingerprint density at radius 2 is 2.28 bits per heavy atom. The zero-order valence-corrected chi connectivity index (χ0v) is 10.8. The van der Waals surface area contributed by atoms with Crippen LogP contribution in [0.2, 0.25) is 5.02 Å². The maximum absolute atomic E-state index is 9.02. The molecule has 3 rings (SSSR count). The van der Waals surface area contributed by atoms with Crippen molar-refractivity contribution < 1.29 is 5.11 Å². The van der Waals surface area contributed by atoms with Gasteiger partial charge in [-0.15, -0.1) is 0 Å². The van der Waals surface area contributed by atoms with E-state index < -0.39 is 0 Å². The van der Waals surface area contributed by atoms with E-state index in [0.29, 0.717) is 17.5 Å². The highest BCUT2D eigenvalue weighted by Crippen LogP contribution is 2.40. The summed E-state index contributed by atoms with van der Waals surface area (Å²) in [6.07, 6.45) is 2.88. The minimum atomic E-state index is -0.221. The molecule has 1 fully saturated rings. The minimum Gasteiger partial charge on any atom is -0.396 e. The van der Waals surface area contributed by atoms with Gasteiger partial charge in [0.15, 0.2) is 0 Å². The van der Waals surface area contributed by atoms with Crippen molar-refractivity contribution in [2.24, 2.45) is 5.73 Å². The second kappa shape index (κ2) is 4.53. The fraction of sp³-hybridized carbons (Fsp3) is 0.462. The molecule has 5 heteroatoms. The third kappa shape index (κ3) is 2.00. The second-order valence-corrected chi connectivity index (χ2v) is 5.26. The molecule has 96 valence electrons. The van der Waals surface area contributed by atoms with E-state index in [9.17, 15) is 0 Å². The average Bonchev–Trinajstić information content (AvgIpc) is 3.10. The van der Waals surface area contributed by atoms with Crippen LogP contribution in [-0.4, -0.2) is 21.3 Å². The summed E-state index contributed by atoms with van der Waals surface area (Å²) in [6.45, 7) is 0.0792. The summed E-state index contributed by atoms with van der Waals surface area (Å²) in [5.74, 6) is 0.865. The number of hydrogen-bond donors (Lipinski definition) is 2. The number of hydrogen-bond acceptors (Lipinski definition) is 3. The number of benzene rings is 1. The van der Waals surface area contributed by atoms with Crippen LogP contribution in [0.5, 0.6) is 0 Å². The van der Waals surface area contributed by atoms with Crippen LogP contribution >= 0.6 is 11.6 Å². The number of rotatable bonds is 4. The van der Waals surface area contributed by atoms with Crippen molar-refractivity contribution >= 4 is 22.6 Å². The van der Waals surface area contributed by atoms with Gasteiger partial charge in [0.1, 0.15) is 5.82 Å². The largest absolute Gasteiger partial charge is 0.396 e. The Bertz CT molecular complexity index is 577. The predicted molar refractivity (Wildman–Crippen MR) is 71.6 cm³/mol. The smallest absolute Gasteiger partial charge is 0.127 e. The van der Waals surface area contributed by atoms with Gasteiger partial charge in [0.25, 0.3) is 0 Å². The van der Waals surface area contributed by atoms with Crippen LogP contribution in [0, 0.1) is 0 Å². The van der Waals surface area contributed by atoms with Crippen molar-refractivity contribution in [1.82, 2.24) is 9.55 Å². The van der Waals surface area contributed by atoms with Gasteiger partial charge in [-0.1, -0.05) is 11.6 Å². The van der Waals surface area contributed by atoms with Crippen molar-refractivity contribution in [1.29, 1.82) is 0 Å². The van der Waals surface area contributed by atoms with Gasteiger partial charge in [-0.3, -0.25) is 0 Å². The van der Waals surface area contributed by atoms with E-state index in [4.69, 9.17) is 22.4 Å². The molecule has 0 bridgehead atoms. The predicted octanol–water partition coefficient (Wildman–Crippen LogP) is 2.41. The van der Waals surface area contributed by atoms with Gasteiger partial charge in [-0.25, -0.2) is 4.98 Å². The maximum atomic E-state index is 9.02. The van der Waals surface area contributed by atoms with Crippen molar-refractivity contribution in [3.05, 3.63) is 29.0 Å². The molecule has 0 spiro atoms. The van der Waals surface area contributed by atoms with Crippen LogP contribution in [0.1, 0.15) is 37.2 Å². The number of halogens is 1. The van der Waals surface area contributed by atoms with Gasteiger partial charge in [-0.2, -0.15) is 0 Å². The standard InChI is InChI=1S/C13H16ClN3O/c14-8-1-4-12-11(7-8)16-13(10(15)5-6-18)17(12)9-2-3-9/h1,4,7,9-10,18H,2-3,5-6,15H2. The summed E-state index contributed by atoms with van der Waals surface area (Å²) in [5, 5.41) is 9.71. The van der Waals surface area contributed by atoms with E-state index in [-0.39, 0.29) is 12.6 Å². The molecule has 1 unspecified atom stereocenters. The first kappa shape index (κ1) is 12.0. The molecule has 0 saturated heterocycles. The van der Waals surface area contributed by atoms with E-state index in [1.54, 1.807) is 0 Å². The SMILES string of the molecule is NC(CCO)c1nc2cc(Cl)ccc2n1C1CC1. The molecule has 1 saturated carbocycles. The molecular formula is C13H16ClN3O. The summed E-state index contributed by atoms with van der Waals surface area (Å²) < 4.78 is 2.21. The summed E-state index contributed by atoms with van der Waals surface area (Å²) >= 11 is 6.00. The second-order valence-electron chi connectivity index (χ2n) is 4.82. The Labute approximate surface area is 110 Å². The topological polar surface area (TPSA) is 64.1 Å². The zero-order valence-electron chi connectivity index (χ0n) is 10.0. The summed E-state index contributed by atoms with van der Waals surface area (Å²) in [7, 11) is 0. The number of nitrogens with zero attached hydrogens (tertiary/aromatic N) is 2. The lowest BCUT2D eigenvalue weighted by atomic mass is 10.2. The Kier molecular flexibility index (Phi) is 3.01. The first-order valence-corrected chi connectivity index (χ1v) is 6.62. The Balaban J connectivity index is 2.14. The molecule has 4 nitrogen and oxygen atoms in total. The highest BCUT2D eigenvalue weighted by atomic mass is 35.5. The van der Waals surface area contributed by atoms with E-state index in [2.05, 4.69) is 9.55 Å². The number of aliphatic hydroxyl groups is 1. The number of fused-ring (bicyclic) bond motifs is 1. The van der Waals surface area contributed by atoms with Crippen LogP contribution in [0.15, 0.2) is 18.2 Å². The third-order valence-electron chi connectivity index (χ3n) is 3.36. The zero-order chi connectivity index (χ0) is 12.7. The van der Waals surface area contributed by atoms with Gasteiger partial charge < -0.3 is 15.4 Å². The van der Waals surface area contributed by atoms with E-state index >= 15 is 0 Å². The minimum absolute atomic E-state index is 0.0792. The molecule has 1 aliphatic carbocycles. The number of imidazole rings is 1. The summed E-state index contributed by atoms with van der Waals surface area (Å²) in [5.41, 5.74) is 8.07. The van der Waals surface area contributed by atoms with Crippen LogP contribution in [0.4, 0.5) is 0 Å². The van der Waals surface area contributed by atoms with Gasteiger partial charge >= 0.3 is 0 Å². The number of aliphatic hydroxyl groups excluding tert-OH is 1. The molecule has 18 heavy (non-hydrogen) atoms. The molecule has 0 radical (unpaired) electrons. The van der Waals surface area contributed by atoms with Crippen molar-refractivity contribution in [3.8, 4) is 0 Å². The molecular weight excluding hydrogens is 250 g/mol. The van der Waals surface area contributed by atoms with E-state index in [0.717, 1.165) is 16.9 Å². The number of nitrogens with two attached hydrogens (primary N) is 1. The molecule has 1 aliphatic rings. The average molecular weight is 266 g/mol. The van der Waals surface area contributed by atoms with Crippen LogP contribution < -0.4 is 5.73 Å². The molecule has 3 N–H and O–H groups in total. The van der Waals surface area contributed by atoms with Crippen LogP contribution in [-0.2, 0) is 0 Å². The highest BCUT2D eigenvalue weighted by Gasteiger charge is 2.29. The maximum Gasteiger partial charge on any atom is 0.127 e. The summed E-state index contributed by atoms with van der Waals surface area (Å²) in [6, 6.07) is 6.03. The van der Waals surface area contributed by atoms with Crippen LogP contribution in [0.3, 0.4) is 0 Å². The molecule has 1 aromatic carbocycles. The fourth-order valence-corrected chi connectivity index (χ4v) is 2.50. The molecule has 0 amide bonds. The lowest BCUT2D eigenvalue weighted by Gasteiger charge is -2.13. The van der Waals surface area contributed by atoms with Gasteiger partial charge in [-0.05, 0) is 37.5 Å². The van der Waals surface area contributed by atoms with E-state index in [1.807, 2.05) is 18.2 Å². The fourth-order valence-electron chi connectivity index (χ4n) is 2.34. The summed E-state index contributed by atoms with van der Waals surface area (Å²) in [4.78, 5) is 4.60. The molecule has 1 atom stereocenters. The monoisotopic (exact) mass is 265 g/mol.